The van der Waals surface area contributed by atoms with Gasteiger partial charge in [0.05, 0.1) is 16.2 Å². The first-order valence-electron chi connectivity index (χ1n) is 8.69. The quantitative estimate of drug-likeness (QED) is 0.658. The third-order valence-electron chi connectivity index (χ3n) is 4.85. The Bertz CT molecular complexity index is 746. The van der Waals surface area contributed by atoms with E-state index in [9.17, 15) is 4.79 Å². The smallest absolute Gasteiger partial charge is 0.244 e. The van der Waals surface area contributed by atoms with E-state index < -0.39 is 5.54 Å². The van der Waals surface area contributed by atoms with E-state index in [-0.39, 0.29) is 24.4 Å². The molecule has 6 heteroatoms. The van der Waals surface area contributed by atoms with Gasteiger partial charge in [-0.3, -0.25) is 4.79 Å². The van der Waals surface area contributed by atoms with Crippen LogP contribution in [0.5, 0.6) is 0 Å². The van der Waals surface area contributed by atoms with Crippen molar-refractivity contribution < 1.29 is 4.79 Å². The summed E-state index contributed by atoms with van der Waals surface area (Å²) in [6.07, 6.45) is 3.48. The molecule has 1 saturated carbocycles. The molecule has 4 N–H and O–H groups in total. The van der Waals surface area contributed by atoms with Crippen LogP contribution < -0.4 is 16.4 Å². The van der Waals surface area contributed by atoms with Crippen molar-refractivity contribution in [3.05, 3.63) is 59.1 Å². The van der Waals surface area contributed by atoms with E-state index >= 15 is 0 Å². The molecule has 2 aromatic rings. The van der Waals surface area contributed by atoms with E-state index in [0.29, 0.717) is 10.7 Å². The molecule has 1 atom stereocenters. The number of nitrogens with one attached hydrogen (secondary N) is 2. The number of amides is 1. The minimum absolute atomic E-state index is 0. The maximum absolute atomic E-state index is 12.4. The van der Waals surface area contributed by atoms with Gasteiger partial charge >= 0.3 is 0 Å². The Balaban J connectivity index is 0.00000243. The van der Waals surface area contributed by atoms with Crippen LogP contribution in [0.4, 0.5) is 11.4 Å². The van der Waals surface area contributed by atoms with Gasteiger partial charge in [0, 0.05) is 11.7 Å². The van der Waals surface area contributed by atoms with Crippen molar-refractivity contribution in [3.63, 3.8) is 0 Å². The highest BCUT2D eigenvalue weighted by molar-refractivity contribution is 6.33. The number of nitrogens with two attached hydrogens (primary N) is 1. The number of hydrogen-bond acceptors (Lipinski definition) is 3. The van der Waals surface area contributed by atoms with E-state index in [4.69, 9.17) is 17.3 Å². The second-order valence-electron chi connectivity index (χ2n) is 6.79. The third kappa shape index (κ3) is 4.70. The molecular formula is C20H25Cl2N3O. The van der Waals surface area contributed by atoms with Gasteiger partial charge in [-0.2, -0.15) is 0 Å². The van der Waals surface area contributed by atoms with Crippen LogP contribution in [-0.2, 0) is 4.79 Å². The zero-order chi connectivity index (χ0) is 17.9. The highest BCUT2D eigenvalue weighted by Crippen LogP contribution is 2.31. The van der Waals surface area contributed by atoms with Crippen LogP contribution >= 0.6 is 24.0 Å². The molecule has 26 heavy (non-hydrogen) atoms. The molecule has 1 fully saturated rings. The summed E-state index contributed by atoms with van der Waals surface area (Å²) in [5.41, 5.74) is 8.13. The molecule has 1 aliphatic carbocycles. The first-order chi connectivity index (χ1) is 12.0. The summed E-state index contributed by atoms with van der Waals surface area (Å²) in [5.74, 6) is -0.126. The third-order valence-corrected chi connectivity index (χ3v) is 5.16. The molecule has 1 aliphatic rings. The molecule has 0 bridgehead atoms. The number of benzene rings is 2. The summed E-state index contributed by atoms with van der Waals surface area (Å²) in [6.45, 7) is 2.08. The van der Waals surface area contributed by atoms with Crippen molar-refractivity contribution in [2.75, 3.05) is 10.6 Å². The SMILES string of the molecule is CC(Nc1ccc(NC(=O)C2(N)CCCC2)cc1Cl)c1ccccc1.Cl. The fourth-order valence-corrected chi connectivity index (χ4v) is 3.49. The Kier molecular flexibility index (Phi) is 6.93. The highest BCUT2D eigenvalue weighted by atomic mass is 35.5. The second kappa shape index (κ2) is 8.76. The van der Waals surface area contributed by atoms with Crippen LogP contribution in [0.2, 0.25) is 5.02 Å². The molecule has 0 saturated heterocycles. The van der Waals surface area contributed by atoms with Crippen LogP contribution in [0.3, 0.4) is 0 Å². The second-order valence-corrected chi connectivity index (χ2v) is 7.20. The van der Waals surface area contributed by atoms with Crippen LogP contribution in [0.15, 0.2) is 48.5 Å². The summed E-state index contributed by atoms with van der Waals surface area (Å²) in [5, 5.41) is 6.87. The van der Waals surface area contributed by atoms with E-state index in [1.807, 2.05) is 30.3 Å². The summed E-state index contributed by atoms with van der Waals surface area (Å²) in [7, 11) is 0. The first kappa shape index (κ1) is 20.6. The van der Waals surface area contributed by atoms with Crippen molar-refractivity contribution in [2.24, 2.45) is 5.73 Å². The monoisotopic (exact) mass is 393 g/mol. The van der Waals surface area contributed by atoms with Crippen molar-refractivity contribution in [1.82, 2.24) is 0 Å². The zero-order valence-electron chi connectivity index (χ0n) is 14.8. The number of carbonyl (C=O) groups excluding carboxylic acids is 1. The Morgan fingerprint density at radius 1 is 1.15 bits per heavy atom. The summed E-state index contributed by atoms with van der Waals surface area (Å²) in [4.78, 5) is 12.4. The molecule has 4 nitrogen and oxygen atoms in total. The molecule has 3 rings (SSSR count). The van der Waals surface area contributed by atoms with Crippen LogP contribution in [0.25, 0.3) is 0 Å². The van der Waals surface area contributed by atoms with Crippen LogP contribution in [-0.4, -0.2) is 11.4 Å². The van der Waals surface area contributed by atoms with Crippen LogP contribution in [0.1, 0.15) is 44.2 Å². The van der Waals surface area contributed by atoms with Crippen molar-refractivity contribution >= 4 is 41.3 Å². The summed E-state index contributed by atoms with van der Waals surface area (Å²) < 4.78 is 0. The molecule has 0 aliphatic heterocycles. The molecule has 2 aromatic carbocycles. The molecule has 1 amide bonds. The average molecular weight is 394 g/mol. The van der Waals surface area contributed by atoms with E-state index in [1.165, 1.54) is 5.56 Å². The Labute approximate surface area is 165 Å². The largest absolute Gasteiger partial charge is 0.377 e. The fraction of sp³-hybridized carbons (Fsp3) is 0.350. The van der Waals surface area contributed by atoms with E-state index in [2.05, 4.69) is 29.7 Å². The van der Waals surface area contributed by atoms with Gasteiger partial charge in [-0.25, -0.2) is 0 Å². The van der Waals surface area contributed by atoms with Gasteiger partial charge in [0.1, 0.15) is 0 Å². The van der Waals surface area contributed by atoms with E-state index in [1.54, 1.807) is 6.07 Å². The first-order valence-corrected chi connectivity index (χ1v) is 9.07. The fourth-order valence-electron chi connectivity index (χ4n) is 3.26. The van der Waals surface area contributed by atoms with Crippen LogP contribution in [0, 0.1) is 0 Å². The topological polar surface area (TPSA) is 67.1 Å². The molecule has 1 unspecified atom stereocenters. The summed E-state index contributed by atoms with van der Waals surface area (Å²) >= 11 is 6.39. The van der Waals surface area contributed by atoms with Gasteiger partial charge in [-0.15, -0.1) is 12.4 Å². The van der Waals surface area contributed by atoms with Crippen molar-refractivity contribution in [1.29, 1.82) is 0 Å². The van der Waals surface area contributed by atoms with Gasteiger partial charge in [0.25, 0.3) is 0 Å². The lowest BCUT2D eigenvalue weighted by atomic mass is 9.98. The van der Waals surface area contributed by atoms with Crippen molar-refractivity contribution in [3.8, 4) is 0 Å². The molecule has 0 heterocycles. The molecule has 140 valence electrons. The van der Waals surface area contributed by atoms with Gasteiger partial charge in [0.2, 0.25) is 5.91 Å². The molecule has 0 radical (unpaired) electrons. The minimum atomic E-state index is -0.745. The number of anilines is 2. The number of carbonyl (C=O) groups is 1. The number of hydrogen-bond donors (Lipinski definition) is 3. The predicted molar refractivity (Wildman–Crippen MR) is 111 cm³/mol. The predicted octanol–water partition coefficient (Wildman–Crippen LogP) is 5.14. The standard InChI is InChI=1S/C20H24ClN3O.ClH/c1-14(15-7-3-2-4-8-15)23-18-10-9-16(13-17(18)21)24-19(25)20(22)11-5-6-12-20;/h2-4,7-10,13-14,23H,5-6,11-12,22H2,1H3,(H,24,25);1H. The summed E-state index contributed by atoms with van der Waals surface area (Å²) in [6, 6.07) is 15.8. The highest BCUT2D eigenvalue weighted by Gasteiger charge is 2.36. The lowest BCUT2D eigenvalue weighted by molar-refractivity contribution is -0.121. The number of halogens is 2. The Morgan fingerprint density at radius 3 is 2.42 bits per heavy atom. The normalized spacial score (nSPS) is 16.4. The zero-order valence-corrected chi connectivity index (χ0v) is 16.4. The Hall–Kier alpha value is -1.75. The Morgan fingerprint density at radius 2 is 1.81 bits per heavy atom. The van der Waals surface area contributed by atoms with Gasteiger partial charge in [0.15, 0.2) is 0 Å². The van der Waals surface area contributed by atoms with Crippen molar-refractivity contribution in [2.45, 2.75) is 44.2 Å². The lowest BCUT2D eigenvalue weighted by Crippen LogP contribution is -2.48. The van der Waals surface area contributed by atoms with Gasteiger partial charge in [-0.05, 0) is 43.5 Å². The van der Waals surface area contributed by atoms with E-state index in [0.717, 1.165) is 31.4 Å². The maximum atomic E-state index is 12.4. The lowest BCUT2D eigenvalue weighted by Gasteiger charge is -2.22. The molecule has 0 spiro atoms. The van der Waals surface area contributed by atoms with Gasteiger partial charge < -0.3 is 16.4 Å². The average Bonchev–Trinajstić information content (AvgIpc) is 3.06. The molecular weight excluding hydrogens is 369 g/mol. The molecule has 0 aromatic heterocycles. The van der Waals surface area contributed by atoms with Gasteiger partial charge in [-0.1, -0.05) is 54.8 Å². The maximum Gasteiger partial charge on any atom is 0.244 e. The number of rotatable bonds is 5. The minimum Gasteiger partial charge on any atom is -0.377 e.